The number of amides is 2. The Labute approximate surface area is 145 Å². The molecule has 0 bridgehead atoms. The lowest BCUT2D eigenvalue weighted by molar-refractivity contribution is -0.0728. The summed E-state index contributed by atoms with van der Waals surface area (Å²) in [6.45, 7) is 9.18. The van der Waals surface area contributed by atoms with Crippen molar-refractivity contribution in [2.75, 3.05) is 38.0 Å². The van der Waals surface area contributed by atoms with Crippen molar-refractivity contribution < 1.29 is 9.53 Å². The Morgan fingerprint density at radius 2 is 1.75 bits per heavy atom. The topological polar surface area (TPSA) is 44.8 Å². The molecule has 0 saturated carbocycles. The number of hydrogen-bond donors (Lipinski definition) is 1. The minimum Gasteiger partial charge on any atom is -0.373 e. The number of hydrogen-bond acceptors (Lipinski definition) is 3. The van der Waals surface area contributed by atoms with Crippen LogP contribution in [0.15, 0.2) is 30.3 Å². The number of carbonyl (C=O) groups is 1. The number of ether oxygens (including phenoxy) is 1. The van der Waals surface area contributed by atoms with Gasteiger partial charge in [-0.2, -0.15) is 0 Å². The molecular weight excluding hydrogens is 302 g/mol. The predicted molar refractivity (Wildman–Crippen MR) is 96.2 cm³/mol. The van der Waals surface area contributed by atoms with E-state index in [4.69, 9.17) is 4.74 Å². The summed E-state index contributed by atoms with van der Waals surface area (Å²) in [6.07, 6.45) is 2.82. The van der Waals surface area contributed by atoms with Gasteiger partial charge in [-0.05, 0) is 44.7 Å². The minimum absolute atomic E-state index is 0.0215. The first-order valence-electron chi connectivity index (χ1n) is 9.09. The number of nitrogens with zero attached hydrogens (tertiary/aromatic N) is 2. The van der Waals surface area contributed by atoms with Gasteiger partial charge in [0.25, 0.3) is 0 Å². The molecule has 5 nitrogen and oxygen atoms in total. The Morgan fingerprint density at radius 1 is 1.12 bits per heavy atom. The highest BCUT2D eigenvalue weighted by Crippen LogP contribution is 2.21. The molecule has 2 saturated heterocycles. The number of anilines is 1. The smallest absolute Gasteiger partial charge is 0.321 e. The van der Waals surface area contributed by atoms with Crippen LogP contribution in [0.2, 0.25) is 0 Å². The molecule has 1 N–H and O–H groups in total. The normalized spacial score (nSPS) is 26.3. The highest BCUT2D eigenvalue weighted by molar-refractivity contribution is 5.89. The van der Waals surface area contributed by atoms with Crippen molar-refractivity contribution in [3.8, 4) is 0 Å². The van der Waals surface area contributed by atoms with Gasteiger partial charge in [0.05, 0.1) is 12.2 Å². The monoisotopic (exact) mass is 331 g/mol. The lowest BCUT2D eigenvalue weighted by Gasteiger charge is -2.39. The summed E-state index contributed by atoms with van der Waals surface area (Å²) in [7, 11) is 0. The fraction of sp³-hybridized carbons (Fsp3) is 0.632. The van der Waals surface area contributed by atoms with Crippen molar-refractivity contribution in [2.24, 2.45) is 5.92 Å². The van der Waals surface area contributed by atoms with Crippen LogP contribution in [0, 0.1) is 5.92 Å². The van der Waals surface area contributed by atoms with E-state index in [9.17, 15) is 4.79 Å². The summed E-state index contributed by atoms with van der Waals surface area (Å²) in [4.78, 5) is 16.8. The van der Waals surface area contributed by atoms with Gasteiger partial charge in [0.1, 0.15) is 0 Å². The van der Waals surface area contributed by atoms with Crippen molar-refractivity contribution in [3.63, 3.8) is 0 Å². The van der Waals surface area contributed by atoms with Gasteiger partial charge in [0.15, 0.2) is 0 Å². The summed E-state index contributed by atoms with van der Waals surface area (Å²) in [6, 6.07) is 9.69. The second kappa shape index (κ2) is 7.99. The number of para-hydroxylation sites is 1. The average Bonchev–Trinajstić information content (AvgIpc) is 2.55. The molecule has 2 aliphatic heterocycles. The van der Waals surface area contributed by atoms with Crippen molar-refractivity contribution in [3.05, 3.63) is 30.3 Å². The second-order valence-corrected chi connectivity index (χ2v) is 7.20. The van der Waals surface area contributed by atoms with Gasteiger partial charge in [-0.15, -0.1) is 0 Å². The van der Waals surface area contributed by atoms with Gasteiger partial charge in [-0.25, -0.2) is 4.79 Å². The van der Waals surface area contributed by atoms with Crippen LogP contribution in [0.3, 0.4) is 0 Å². The van der Waals surface area contributed by atoms with Gasteiger partial charge in [0.2, 0.25) is 0 Å². The van der Waals surface area contributed by atoms with Crippen LogP contribution in [-0.2, 0) is 4.74 Å². The Balaban J connectivity index is 1.43. The first-order valence-corrected chi connectivity index (χ1v) is 9.09. The van der Waals surface area contributed by atoms with Gasteiger partial charge in [0, 0.05) is 38.4 Å². The molecule has 2 amide bonds. The van der Waals surface area contributed by atoms with Crippen LogP contribution < -0.4 is 5.32 Å². The van der Waals surface area contributed by atoms with E-state index in [0.717, 1.165) is 51.3 Å². The molecule has 2 heterocycles. The fourth-order valence-corrected chi connectivity index (χ4v) is 3.84. The third kappa shape index (κ3) is 4.71. The number of benzene rings is 1. The van der Waals surface area contributed by atoms with Crippen LogP contribution in [0.25, 0.3) is 0 Å². The van der Waals surface area contributed by atoms with E-state index in [1.54, 1.807) is 0 Å². The van der Waals surface area contributed by atoms with Crippen LogP contribution in [0.5, 0.6) is 0 Å². The average molecular weight is 331 g/mol. The molecule has 3 rings (SSSR count). The largest absolute Gasteiger partial charge is 0.373 e. The van der Waals surface area contributed by atoms with E-state index < -0.39 is 0 Å². The first-order chi connectivity index (χ1) is 11.6. The number of piperidine rings is 1. The highest BCUT2D eigenvalue weighted by atomic mass is 16.5. The number of rotatable bonds is 3. The zero-order chi connectivity index (χ0) is 16.9. The van der Waals surface area contributed by atoms with E-state index in [1.807, 2.05) is 35.2 Å². The molecule has 2 fully saturated rings. The predicted octanol–water partition coefficient (Wildman–Crippen LogP) is 3.04. The summed E-state index contributed by atoms with van der Waals surface area (Å²) in [5.74, 6) is 0.684. The van der Waals surface area contributed by atoms with Crippen molar-refractivity contribution in [1.29, 1.82) is 0 Å². The van der Waals surface area contributed by atoms with Crippen LogP contribution in [0.4, 0.5) is 10.5 Å². The second-order valence-electron chi connectivity index (χ2n) is 7.20. The Morgan fingerprint density at radius 3 is 2.38 bits per heavy atom. The number of morpholine rings is 1. The summed E-state index contributed by atoms with van der Waals surface area (Å²) in [5.41, 5.74) is 0.862. The highest BCUT2D eigenvalue weighted by Gasteiger charge is 2.27. The Hall–Kier alpha value is -1.59. The maximum Gasteiger partial charge on any atom is 0.321 e. The molecule has 24 heavy (non-hydrogen) atoms. The summed E-state index contributed by atoms with van der Waals surface area (Å²) >= 11 is 0. The van der Waals surface area contributed by atoms with E-state index in [0.29, 0.717) is 18.1 Å². The number of likely N-dealkylation sites (tertiary alicyclic amines) is 1. The lowest BCUT2D eigenvalue weighted by atomic mass is 9.96. The van der Waals surface area contributed by atoms with Gasteiger partial charge >= 0.3 is 6.03 Å². The van der Waals surface area contributed by atoms with Gasteiger partial charge < -0.3 is 15.0 Å². The number of carbonyl (C=O) groups excluding carboxylic acids is 1. The molecule has 0 radical (unpaired) electrons. The van der Waals surface area contributed by atoms with Gasteiger partial charge in [-0.3, -0.25) is 4.90 Å². The zero-order valence-corrected chi connectivity index (χ0v) is 14.8. The Bertz CT molecular complexity index is 519. The van der Waals surface area contributed by atoms with Crippen LogP contribution >= 0.6 is 0 Å². The van der Waals surface area contributed by atoms with Crippen LogP contribution in [-0.4, -0.2) is 60.8 Å². The lowest BCUT2D eigenvalue weighted by Crippen LogP contribution is -2.49. The van der Waals surface area contributed by atoms with E-state index in [1.165, 1.54) is 0 Å². The summed E-state index contributed by atoms with van der Waals surface area (Å²) < 4.78 is 5.81. The quantitative estimate of drug-likeness (QED) is 0.926. The molecule has 1 aromatic rings. The van der Waals surface area contributed by atoms with E-state index in [2.05, 4.69) is 24.1 Å². The summed E-state index contributed by atoms with van der Waals surface area (Å²) in [5, 5.41) is 2.98. The van der Waals surface area contributed by atoms with Crippen molar-refractivity contribution in [2.45, 2.75) is 38.9 Å². The van der Waals surface area contributed by atoms with Gasteiger partial charge in [-0.1, -0.05) is 18.2 Å². The minimum atomic E-state index is 0.0215. The van der Waals surface area contributed by atoms with Crippen molar-refractivity contribution >= 4 is 11.7 Å². The molecule has 0 spiro atoms. The first kappa shape index (κ1) is 17.2. The van der Waals surface area contributed by atoms with E-state index in [-0.39, 0.29) is 6.03 Å². The molecule has 0 aromatic heterocycles. The molecule has 0 unspecified atom stereocenters. The fourth-order valence-electron chi connectivity index (χ4n) is 3.84. The number of nitrogens with one attached hydrogen (secondary N) is 1. The zero-order valence-electron chi connectivity index (χ0n) is 14.8. The molecule has 1 aromatic carbocycles. The molecule has 2 aliphatic rings. The molecule has 132 valence electrons. The molecule has 0 aliphatic carbocycles. The molecule has 2 atom stereocenters. The molecular formula is C19H29N3O2. The van der Waals surface area contributed by atoms with Crippen LogP contribution in [0.1, 0.15) is 26.7 Å². The number of urea groups is 1. The standard InChI is InChI=1S/C19H29N3O2/c1-15-12-21(13-16(2)24-15)14-17-8-10-22(11-9-17)19(23)20-18-6-4-3-5-7-18/h3-7,15-17H,8-14H2,1-2H3,(H,20,23)/t15-,16-/m1/s1. The van der Waals surface area contributed by atoms with E-state index >= 15 is 0 Å². The maximum atomic E-state index is 12.3. The Kier molecular flexibility index (Phi) is 5.74. The third-order valence-corrected chi connectivity index (χ3v) is 4.94. The molecule has 5 heteroatoms. The van der Waals surface area contributed by atoms with Crippen molar-refractivity contribution in [1.82, 2.24) is 9.80 Å². The SMILES string of the molecule is C[C@@H]1CN(CC2CCN(C(=O)Nc3ccccc3)CC2)C[C@@H](C)O1. The maximum absolute atomic E-state index is 12.3. The third-order valence-electron chi connectivity index (χ3n) is 4.94.